The molecule has 0 spiro atoms. The zero-order valence-corrected chi connectivity index (χ0v) is 18.3. The lowest BCUT2D eigenvalue weighted by atomic mass is 10.1. The molecule has 0 radical (unpaired) electrons. The summed E-state index contributed by atoms with van der Waals surface area (Å²) in [4.78, 5) is 30.4. The summed E-state index contributed by atoms with van der Waals surface area (Å²) in [6, 6.07) is 10.7. The van der Waals surface area contributed by atoms with Crippen LogP contribution < -0.4 is 4.90 Å². The molecule has 1 aromatic carbocycles. The number of halogens is 1. The Kier molecular flexibility index (Phi) is 6.14. The maximum atomic E-state index is 13.2. The molecule has 1 aromatic heterocycles. The van der Waals surface area contributed by atoms with E-state index in [1.807, 2.05) is 15.9 Å². The van der Waals surface area contributed by atoms with Crippen molar-refractivity contribution < 1.29 is 4.79 Å². The van der Waals surface area contributed by atoms with Gasteiger partial charge in [0.1, 0.15) is 11.5 Å². The smallest absolute Gasteiger partial charge is 0.331 e. The number of nitrogens with one attached hydrogen (secondary N) is 1. The quantitative estimate of drug-likeness (QED) is 0.712. The molecule has 1 N–H and O–H groups in total. The summed E-state index contributed by atoms with van der Waals surface area (Å²) in [5, 5.41) is 0. The van der Waals surface area contributed by atoms with Crippen molar-refractivity contribution in [1.82, 2.24) is 14.9 Å². The number of fused-ring (bicyclic) bond motifs is 3. The number of anilines is 1. The van der Waals surface area contributed by atoms with Crippen LogP contribution in [0, 0.1) is 0 Å². The van der Waals surface area contributed by atoms with Crippen molar-refractivity contribution in [2.24, 2.45) is 4.99 Å². The van der Waals surface area contributed by atoms with E-state index in [2.05, 4.69) is 36.2 Å². The van der Waals surface area contributed by atoms with Crippen LogP contribution in [0.15, 0.2) is 35.3 Å². The van der Waals surface area contributed by atoms with E-state index in [-0.39, 0.29) is 24.5 Å². The van der Waals surface area contributed by atoms with Gasteiger partial charge in [0.25, 0.3) is 0 Å². The molecule has 160 valence electrons. The Morgan fingerprint density at radius 1 is 1.17 bits per heavy atom. The predicted octanol–water partition coefficient (Wildman–Crippen LogP) is 4.90. The summed E-state index contributed by atoms with van der Waals surface area (Å²) in [5.41, 5.74) is 2.27. The van der Waals surface area contributed by atoms with E-state index in [4.69, 9.17) is 9.98 Å². The Bertz CT molecular complexity index is 919. The predicted molar refractivity (Wildman–Crippen MR) is 122 cm³/mol. The molecule has 1 unspecified atom stereocenters. The van der Waals surface area contributed by atoms with Gasteiger partial charge in [-0.05, 0) is 37.7 Å². The molecule has 7 heteroatoms. The number of aromatic amines is 1. The molecular weight excluding hydrogens is 398 g/mol. The number of aromatic nitrogens is 2. The average Bonchev–Trinajstić information content (AvgIpc) is 3.49. The van der Waals surface area contributed by atoms with Crippen molar-refractivity contribution >= 4 is 30.1 Å². The van der Waals surface area contributed by atoms with Gasteiger partial charge in [0.15, 0.2) is 11.7 Å². The molecule has 0 saturated heterocycles. The number of rotatable bonds is 6. The molecule has 1 saturated carbocycles. The Labute approximate surface area is 184 Å². The van der Waals surface area contributed by atoms with Gasteiger partial charge in [-0.15, -0.1) is 12.4 Å². The van der Waals surface area contributed by atoms with Gasteiger partial charge < -0.3 is 4.98 Å². The van der Waals surface area contributed by atoms with Gasteiger partial charge >= 0.3 is 6.03 Å². The standard InChI is InChI=1S/C23H29N5O.ClH/c1-2-14-27-22-19(25-20(26-22)17-10-6-7-11-17)21-24-18(15-28(21)23(27)29)13-12-16-8-4-3-5-9-16;/h3-5,8-9,17-18H,2,6-7,10-15H2,1H3,(H,25,26);1H. The number of H-pyrrole nitrogens is 1. The van der Waals surface area contributed by atoms with Gasteiger partial charge in [0.05, 0.1) is 12.6 Å². The maximum Gasteiger partial charge on any atom is 0.331 e. The Morgan fingerprint density at radius 3 is 2.67 bits per heavy atom. The molecule has 0 bridgehead atoms. The number of carbonyl (C=O) groups is 1. The summed E-state index contributed by atoms with van der Waals surface area (Å²) in [5.74, 6) is 3.12. The third kappa shape index (κ3) is 3.73. The van der Waals surface area contributed by atoms with Gasteiger partial charge in [-0.2, -0.15) is 0 Å². The minimum atomic E-state index is 0. The summed E-state index contributed by atoms with van der Waals surface area (Å²) in [6.45, 7) is 3.46. The summed E-state index contributed by atoms with van der Waals surface area (Å²) in [6.07, 6.45) is 7.74. The number of amidine groups is 1. The van der Waals surface area contributed by atoms with Crippen LogP contribution in [0.3, 0.4) is 0 Å². The first-order chi connectivity index (χ1) is 14.2. The van der Waals surface area contributed by atoms with Crippen LogP contribution in [0.25, 0.3) is 0 Å². The summed E-state index contributed by atoms with van der Waals surface area (Å²) < 4.78 is 0. The number of nitrogens with zero attached hydrogens (tertiary/aromatic N) is 4. The van der Waals surface area contributed by atoms with Crippen molar-refractivity contribution in [3.05, 3.63) is 47.4 Å². The zero-order valence-electron chi connectivity index (χ0n) is 17.5. The second-order valence-corrected chi connectivity index (χ2v) is 8.48. The summed E-state index contributed by atoms with van der Waals surface area (Å²) in [7, 11) is 0. The van der Waals surface area contributed by atoms with E-state index < -0.39 is 0 Å². The van der Waals surface area contributed by atoms with Crippen molar-refractivity contribution in [3.8, 4) is 0 Å². The molecule has 2 amide bonds. The number of benzene rings is 1. The molecule has 2 aliphatic heterocycles. The number of hydrogen-bond donors (Lipinski definition) is 1. The van der Waals surface area contributed by atoms with Crippen LogP contribution in [-0.2, 0) is 6.42 Å². The van der Waals surface area contributed by atoms with Crippen molar-refractivity contribution in [3.63, 3.8) is 0 Å². The Balaban J connectivity index is 0.00000218. The van der Waals surface area contributed by atoms with Crippen molar-refractivity contribution in [2.45, 2.75) is 63.8 Å². The monoisotopic (exact) mass is 427 g/mol. The molecule has 1 atom stereocenters. The van der Waals surface area contributed by atoms with Gasteiger partial charge in [-0.3, -0.25) is 14.8 Å². The third-order valence-corrected chi connectivity index (χ3v) is 6.40. The van der Waals surface area contributed by atoms with Gasteiger partial charge in [-0.25, -0.2) is 9.78 Å². The molecule has 1 fully saturated rings. The fraction of sp³-hybridized carbons (Fsp3) is 0.522. The van der Waals surface area contributed by atoms with Crippen LogP contribution in [0.4, 0.5) is 10.6 Å². The lowest BCUT2D eigenvalue weighted by Crippen LogP contribution is -2.50. The molecule has 5 rings (SSSR count). The summed E-state index contributed by atoms with van der Waals surface area (Å²) >= 11 is 0. The minimum Gasteiger partial charge on any atom is -0.337 e. The van der Waals surface area contributed by atoms with Crippen molar-refractivity contribution in [2.75, 3.05) is 18.0 Å². The van der Waals surface area contributed by atoms with E-state index in [0.29, 0.717) is 19.0 Å². The van der Waals surface area contributed by atoms with Crippen molar-refractivity contribution in [1.29, 1.82) is 0 Å². The second-order valence-electron chi connectivity index (χ2n) is 8.48. The van der Waals surface area contributed by atoms with Crippen LogP contribution in [0.5, 0.6) is 0 Å². The van der Waals surface area contributed by atoms with Crippen LogP contribution in [0.1, 0.15) is 68.4 Å². The average molecular weight is 428 g/mol. The topological polar surface area (TPSA) is 64.6 Å². The zero-order chi connectivity index (χ0) is 19.8. The van der Waals surface area contributed by atoms with E-state index in [0.717, 1.165) is 42.4 Å². The highest BCUT2D eigenvalue weighted by molar-refractivity contribution is 6.18. The van der Waals surface area contributed by atoms with Gasteiger partial charge in [0.2, 0.25) is 0 Å². The minimum absolute atomic E-state index is 0. The number of amides is 2. The van der Waals surface area contributed by atoms with E-state index in [1.54, 1.807) is 0 Å². The fourth-order valence-corrected chi connectivity index (χ4v) is 4.87. The van der Waals surface area contributed by atoms with E-state index in [9.17, 15) is 4.79 Å². The van der Waals surface area contributed by atoms with Crippen LogP contribution in [-0.4, -0.2) is 45.9 Å². The fourth-order valence-electron chi connectivity index (χ4n) is 4.87. The molecule has 6 nitrogen and oxygen atoms in total. The molecule has 30 heavy (non-hydrogen) atoms. The third-order valence-electron chi connectivity index (χ3n) is 6.40. The van der Waals surface area contributed by atoms with Gasteiger partial charge in [0, 0.05) is 12.5 Å². The number of aryl methyl sites for hydroxylation is 1. The van der Waals surface area contributed by atoms with E-state index in [1.165, 1.54) is 31.2 Å². The Hall–Kier alpha value is -2.34. The lowest BCUT2D eigenvalue weighted by molar-refractivity contribution is 0.226. The number of urea groups is 1. The largest absolute Gasteiger partial charge is 0.337 e. The molecular formula is C23H30ClN5O. The van der Waals surface area contributed by atoms with Crippen LogP contribution >= 0.6 is 12.4 Å². The SMILES string of the molecule is CCCN1C(=O)N2CC(CCc3ccccc3)N=C2c2[nH]c(C3CCCC3)nc21.Cl. The first-order valence-electron chi connectivity index (χ1n) is 11.1. The molecule has 2 aromatic rings. The Morgan fingerprint density at radius 2 is 1.93 bits per heavy atom. The molecule has 3 heterocycles. The van der Waals surface area contributed by atoms with Gasteiger partial charge in [-0.1, -0.05) is 50.1 Å². The number of hydrogen-bond acceptors (Lipinski definition) is 3. The second kappa shape index (κ2) is 8.80. The first kappa shape index (κ1) is 20.9. The normalized spacial score (nSPS) is 20.8. The highest BCUT2D eigenvalue weighted by atomic mass is 35.5. The number of carbonyl (C=O) groups excluding carboxylic acids is 1. The molecule has 1 aliphatic carbocycles. The first-order valence-corrected chi connectivity index (χ1v) is 11.1. The molecule has 3 aliphatic rings. The highest BCUT2D eigenvalue weighted by Crippen LogP contribution is 2.37. The van der Waals surface area contributed by atoms with Crippen LogP contribution in [0.2, 0.25) is 0 Å². The highest BCUT2D eigenvalue weighted by Gasteiger charge is 2.42. The van der Waals surface area contributed by atoms with E-state index >= 15 is 0 Å². The maximum absolute atomic E-state index is 13.2. The number of imidazole rings is 1. The lowest BCUT2D eigenvalue weighted by Gasteiger charge is -2.32. The number of aliphatic imine (C=N–C) groups is 1.